The van der Waals surface area contributed by atoms with Crippen LogP contribution in [0.15, 0.2) is 6.07 Å². The van der Waals surface area contributed by atoms with E-state index < -0.39 is 52.7 Å². The molecule has 2 N–H and O–H groups in total. The van der Waals surface area contributed by atoms with Gasteiger partial charge >= 0.3 is 5.97 Å². The lowest BCUT2D eigenvalue weighted by molar-refractivity contribution is -0.142. The molecule has 0 aromatic heterocycles. The lowest BCUT2D eigenvalue weighted by atomic mass is 10.0. The largest absolute Gasteiger partial charge is 0.481 e. The lowest BCUT2D eigenvalue weighted by Gasteiger charge is -2.16. The fourth-order valence-electron chi connectivity index (χ4n) is 1.92. The van der Waals surface area contributed by atoms with Gasteiger partial charge in [0.05, 0.1) is 24.8 Å². The molecule has 1 saturated heterocycles. The topological polar surface area (TPSA) is 75.6 Å². The van der Waals surface area contributed by atoms with Gasteiger partial charge in [0.1, 0.15) is 5.92 Å². The van der Waals surface area contributed by atoms with Crippen LogP contribution >= 0.6 is 0 Å². The van der Waals surface area contributed by atoms with Crippen molar-refractivity contribution in [3.05, 3.63) is 34.9 Å². The van der Waals surface area contributed by atoms with Crippen molar-refractivity contribution in [2.24, 2.45) is 5.92 Å². The zero-order valence-corrected chi connectivity index (χ0v) is 10.3. The van der Waals surface area contributed by atoms with E-state index in [1.54, 1.807) is 0 Å². The maximum absolute atomic E-state index is 13.4. The minimum Gasteiger partial charge on any atom is -0.481 e. The molecule has 0 saturated carbocycles. The Balaban J connectivity index is 2.23. The molecule has 2 rings (SSSR count). The molecule has 0 aliphatic carbocycles. The molecule has 1 aliphatic heterocycles. The molecular formula is C12H9F4NO4. The third-order valence-electron chi connectivity index (χ3n) is 3.06. The molecule has 2 unspecified atom stereocenters. The number of amides is 1. The van der Waals surface area contributed by atoms with Crippen LogP contribution in [0.1, 0.15) is 10.4 Å². The first-order valence-corrected chi connectivity index (χ1v) is 5.77. The summed E-state index contributed by atoms with van der Waals surface area (Å²) in [4.78, 5) is 22.6. The number of benzene rings is 1. The van der Waals surface area contributed by atoms with E-state index in [0.717, 1.165) is 0 Å². The SMILES string of the molecule is O=C(NC1COCC1C(=O)O)c1cc(F)c(F)c(F)c1F. The number of hydrogen-bond acceptors (Lipinski definition) is 3. The zero-order valence-electron chi connectivity index (χ0n) is 10.3. The first-order chi connectivity index (χ1) is 9.82. The van der Waals surface area contributed by atoms with Crippen LogP contribution in [0.25, 0.3) is 0 Å². The summed E-state index contributed by atoms with van der Waals surface area (Å²) in [6.07, 6.45) is 0. The first-order valence-electron chi connectivity index (χ1n) is 5.77. The van der Waals surface area contributed by atoms with Crippen LogP contribution in [0.3, 0.4) is 0 Å². The zero-order chi connectivity index (χ0) is 15.7. The molecule has 0 bridgehead atoms. The van der Waals surface area contributed by atoms with Crippen LogP contribution in [0, 0.1) is 29.2 Å². The quantitative estimate of drug-likeness (QED) is 0.498. The summed E-state index contributed by atoms with van der Waals surface area (Å²) in [5, 5.41) is 11.0. The summed E-state index contributed by atoms with van der Waals surface area (Å²) in [7, 11) is 0. The number of nitrogens with one attached hydrogen (secondary N) is 1. The molecule has 1 aromatic carbocycles. The van der Waals surface area contributed by atoms with Crippen LogP contribution in [0.2, 0.25) is 0 Å². The standard InChI is InChI=1S/C12H9F4NO4/c13-6-1-4(8(14)10(16)9(6)15)11(18)17-7-3-21-2-5(7)12(19)20/h1,5,7H,2-3H2,(H,17,18)(H,19,20). The second-order valence-electron chi connectivity index (χ2n) is 4.41. The Hall–Kier alpha value is -2.16. The predicted octanol–water partition coefficient (Wildman–Crippen LogP) is 1.07. The highest BCUT2D eigenvalue weighted by atomic mass is 19.2. The highest BCUT2D eigenvalue weighted by Gasteiger charge is 2.36. The van der Waals surface area contributed by atoms with Gasteiger partial charge in [-0.05, 0) is 6.07 Å². The van der Waals surface area contributed by atoms with Crippen molar-refractivity contribution in [3.8, 4) is 0 Å². The number of rotatable bonds is 3. The number of carbonyl (C=O) groups excluding carboxylic acids is 1. The Morgan fingerprint density at radius 3 is 2.43 bits per heavy atom. The van der Waals surface area contributed by atoms with Gasteiger partial charge in [-0.15, -0.1) is 0 Å². The molecule has 9 heteroatoms. The summed E-state index contributed by atoms with van der Waals surface area (Å²) in [6, 6.07) is -0.778. The van der Waals surface area contributed by atoms with Gasteiger partial charge in [-0.1, -0.05) is 0 Å². The average molecular weight is 307 g/mol. The molecule has 0 radical (unpaired) electrons. The molecular weight excluding hydrogens is 298 g/mol. The Bertz CT molecular complexity index is 607. The van der Waals surface area contributed by atoms with Gasteiger partial charge in [0, 0.05) is 0 Å². The molecule has 5 nitrogen and oxygen atoms in total. The van der Waals surface area contributed by atoms with E-state index in [0.29, 0.717) is 0 Å². The minimum atomic E-state index is -2.11. The Kier molecular flexibility index (Phi) is 4.12. The molecule has 114 valence electrons. The Morgan fingerprint density at radius 1 is 1.14 bits per heavy atom. The first kappa shape index (κ1) is 15.2. The maximum Gasteiger partial charge on any atom is 0.311 e. The van der Waals surface area contributed by atoms with Crippen molar-refractivity contribution in [2.75, 3.05) is 13.2 Å². The van der Waals surface area contributed by atoms with Crippen molar-refractivity contribution in [1.82, 2.24) is 5.32 Å². The summed E-state index contributed by atoms with van der Waals surface area (Å²) in [5.74, 6) is -11.3. The van der Waals surface area contributed by atoms with E-state index in [1.807, 2.05) is 0 Å². The average Bonchev–Trinajstić information content (AvgIpc) is 2.88. The van der Waals surface area contributed by atoms with Crippen molar-refractivity contribution in [3.63, 3.8) is 0 Å². The maximum atomic E-state index is 13.4. The molecule has 21 heavy (non-hydrogen) atoms. The van der Waals surface area contributed by atoms with Crippen LogP contribution in [-0.4, -0.2) is 36.2 Å². The van der Waals surface area contributed by atoms with E-state index in [9.17, 15) is 27.2 Å². The van der Waals surface area contributed by atoms with Gasteiger partial charge in [-0.3, -0.25) is 9.59 Å². The van der Waals surface area contributed by atoms with E-state index >= 15 is 0 Å². The smallest absolute Gasteiger partial charge is 0.311 e. The van der Waals surface area contributed by atoms with Gasteiger partial charge in [0.15, 0.2) is 23.3 Å². The minimum absolute atomic E-state index is 0.142. The molecule has 1 fully saturated rings. The van der Waals surface area contributed by atoms with Crippen LogP contribution in [0.4, 0.5) is 17.6 Å². The molecule has 0 spiro atoms. The monoisotopic (exact) mass is 307 g/mol. The summed E-state index contributed by atoms with van der Waals surface area (Å²) < 4.78 is 57.1. The van der Waals surface area contributed by atoms with E-state index in [2.05, 4.69) is 5.32 Å². The van der Waals surface area contributed by atoms with Crippen LogP contribution in [-0.2, 0) is 9.53 Å². The van der Waals surface area contributed by atoms with E-state index in [1.165, 1.54) is 0 Å². The normalized spacial score (nSPS) is 21.3. The predicted molar refractivity (Wildman–Crippen MR) is 59.5 cm³/mol. The summed E-state index contributed by atoms with van der Waals surface area (Å²) in [5.41, 5.74) is -1.05. The van der Waals surface area contributed by atoms with E-state index in [4.69, 9.17) is 9.84 Å². The van der Waals surface area contributed by atoms with Gasteiger partial charge in [-0.2, -0.15) is 0 Å². The molecule has 1 aliphatic rings. The van der Waals surface area contributed by atoms with Crippen molar-refractivity contribution in [1.29, 1.82) is 0 Å². The number of hydrogen-bond donors (Lipinski definition) is 2. The summed E-state index contributed by atoms with van der Waals surface area (Å²) in [6.45, 7) is -0.300. The van der Waals surface area contributed by atoms with E-state index in [-0.39, 0.29) is 19.3 Å². The van der Waals surface area contributed by atoms with Crippen molar-refractivity contribution in [2.45, 2.75) is 6.04 Å². The fraction of sp³-hybridized carbons (Fsp3) is 0.333. The molecule has 1 aromatic rings. The molecule has 1 heterocycles. The number of carboxylic acids is 1. The Morgan fingerprint density at radius 2 is 1.81 bits per heavy atom. The second-order valence-corrected chi connectivity index (χ2v) is 4.41. The van der Waals surface area contributed by atoms with Gasteiger partial charge in [-0.25, -0.2) is 17.6 Å². The van der Waals surface area contributed by atoms with Gasteiger partial charge in [0.2, 0.25) is 0 Å². The fourth-order valence-corrected chi connectivity index (χ4v) is 1.92. The molecule has 2 atom stereocenters. The number of ether oxygens (including phenoxy) is 1. The third-order valence-corrected chi connectivity index (χ3v) is 3.06. The number of carbonyl (C=O) groups is 2. The lowest BCUT2D eigenvalue weighted by Crippen LogP contribution is -2.43. The van der Waals surface area contributed by atoms with Crippen LogP contribution < -0.4 is 5.32 Å². The highest BCUT2D eigenvalue weighted by Crippen LogP contribution is 2.20. The number of halogens is 4. The van der Waals surface area contributed by atoms with Crippen molar-refractivity contribution >= 4 is 11.9 Å². The number of carboxylic acid groups (broad SMARTS) is 1. The van der Waals surface area contributed by atoms with Gasteiger partial charge in [0.25, 0.3) is 5.91 Å². The van der Waals surface area contributed by atoms with Gasteiger partial charge < -0.3 is 15.2 Å². The molecule has 1 amide bonds. The Labute approximate surface area is 115 Å². The number of aliphatic carboxylic acids is 1. The second kappa shape index (κ2) is 5.68. The van der Waals surface area contributed by atoms with Crippen LogP contribution in [0.5, 0.6) is 0 Å². The third kappa shape index (κ3) is 2.82. The van der Waals surface area contributed by atoms with Crippen molar-refractivity contribution < 1.29 is 37.0 Å². The highest BCUT2D eigenvalue weighted by molar-refractivity contribution is 5.95. The summed E-state index contributed by atoms with van der Waals surface area (Å²) >= 11 is 0.